The lowest BCUT2D eigenvalue weighted by Gasteiger charge is -2.18. The predicted molar refractivity (Wildman–Crippen MR) is 152 cm³/mol. The standard InChI is InChI=1S/2C16H26O4/c2*1-2-3-4-5-6-11(17)9-12-10-13-15(20-12)8-7-14(18)16(13)19/h2*11-12,14,17-18H,2-10H2,1H3/t2*11-,12-,14-/m11/s1. The van der Waals surface area contributed by atoms with Gasteiger partial charge in [0.2, 0.25) is 0 Å². The van der Waals surface area contributed by atoms with E-state index in [1.165, 1.54) is 38.5 Å². The SMILES string of the molecule is CCCCCC[C@@H](O)C[C@@H]1CC2=C(CC[C@@H](O)C2=O)O1.CCCCCC[C@@H](O)C[C@@H]1CC2=C(CC[C@@H](O)C2=O)O1. The molecule has 0 amide bonds. The van der Waals surface area contributed by atoms with Gasteiger partial charge in [0.1, 0.15) is 35.9 Å². The Balaban J connectivity index is 0.000000220. The number of ketones is 2. The van der Waals surface area contributed by atoms with Crippen LogP contribution in [0.5, 0.6) is 0 Å². The van der Waals surface area contributed by atoms with Crippen molar-refractivity contribution in [2.24, 2.45) is 0 Å². The summed E-state index contributed by atoms with van der Waals surface area (Å²) in [6.45, 7) is 4.34. The Labute approximate surface area is 239 Å². The van der Waals surface area contributed by atoms with Gasteiger partial charge in [0.25, 0.3) is 0 Å². The highest BCUT2D eigenvalue weighted by Gasteiger charge is 2.38. The third kappa shape index (κ3) is 9.68. The number of ether oxygens (including phenoxy) is 2. The molecule has 8 heteroatoms. The molecule has 0 spiro atoms. The van der Waals surface area contributed by atoms with Gasteiger partial charge in [-0.25, -0.2) is 0 Å². The van der Waals surface area contributed by atoms with Crippen molar-refractivity contribution in [2.45, 2.75) is 166 Å². The summed E-state index contributed by atoms with van der Waals surface area (Å²) in [5, 5.41) is 39.2. The van der Waals surface area contributed by atoms with Gasteiger partial charge in [0.05, 0.1) is 12.2 Å². The maximum atomic E-state index is 11.8. The summed E-state index contributed by atoms with van der Waals surface area (Å²) in [5.74, 6) is 1.16. The van der Waals surface area contributed by atoms with Gasteiger partial charge >= 0.3 is 0 Å². The number of carbonyl (C=O) groups excluding carboxylic acids is 2. The molecular weight excluding hydrogens is 512 g/mol. The molecule has 6 atom stereocenters. The summed E-state index contributed by atoms with van der Waals surface area (Å²) in [5.41, 5.74) is 1.32. The molecule has 0 saturated heterocycles. The molecule has 4 rings (SSSR count). The lowest BCUT2D eigenvalue weighted by Crippen LogP contribution is -2.26. The van der Waals surface area contributed by atoms with E-state index >= 15 is 0 Å². The van der Waals surface area contributed by atoms with Crippen molar-refractivity contribution in [1.29, 1.82) is 0 Å². The van der Waals surface area contributed by atoms with Gasteiger partial charge in [-0.15, -0.1) is 0 Å². The minimum Gasteiger partial charge on any atom is -0.494 e. The van der Waals surface area contributed by atoms with E-state index in [2.05, 4.69) is 13.8 Å². The Morgan fingerprint density at radius 2 is 1.07 bits per heavy atom. The maximum absolute atomic E-state index is 11.8. The van der Waals surface area contributed by atoms with Gasteiger partial charge in [-0.05, 0) is 25.7 Å². The average molecular weight is 565 g/mol. The zero-order chi connectivity index (χ0) is 29.1. The number of rotatable bonds is 14. The molecule has 4 N–H and O–H groups in total. The minimum atomic E-state index is -0.852. The lowest BCUT2D eigenvalue weighted by atomic mass is 9.91. The van der Waals surface area contributed by atoms with Crippen LogP contribution in [0.1, 0.15) is 129 Å². The van der Waals surface area contributed by atoms with Crippen LogP contribution in [0, 0.1) is 0 Å². The predicted octanol–water partition coefficient (Wildman–Crippen LogP) is 4.95. The topological polar surface area (TPSA) is 134 Å². The van der Waals surface area contributed by atoms with E-state index in [-0.39, 0.29) is 36.0 Å². The van der Waals surface area contributed by atoms with Crippen molar-refractivity contribution >= 4 is 11.6 Å². The Kier molecular flexibility index (Phi) is 13.6. The van der Waals surface area contributed by atoms with Crippen LogP contribution < -0.4 is 0 Å². The fourth-order valence-corrected chi connectivity index (χ4v) is 6.13. The number of Topliss-reactive ketones (excluding diaryl/α,β-unsaturated/α-hetero) is 2. The second-order valence-electron chi connectivity index (χ2n) is 12.0. The fraction of sp³-hybridized carbons (Fsp3) is 0.812. The third-order valence-corrected chi connectivity index (χ3v) is 8.50. The van der Waals surface area contributed by atoms with Crippen molar-refractivity contribution in [3.8, 4) is 0 Å². The van der Waals surface area contributed by atoms with Gasteiger partial charge in [0, 0.05) is 49.7 Å². The second kappa shape index (κ2) is 16.6. The number of hydrogen-bond acceptors (Lipinski definition) is 8. The second-order valence-corrected chi connectivity index (χ2v) is 12.0. The Hall–Kier alpha value is -1.74. The van der Waals surface area contributed by atoms with Crippen molar-refractivity contribution in [2.75, 3.05) is 0 Å². The minimum absolute atomic E-state index is 0.0876. The Morgan fingerprint density at radius 1 is 0.675 bits per heavy atom. The first-order chi connectivity index (χ1) is 19.2. The molecule has 8 nitrogen and oxygen atoms in total. The van der Waals surface area contributed by atoms with Crippen LogP contribution in [0.25, 0.3) is 0 Å². The van der Waals surface area contributed by atoms with E-state index < -0.39 is 12.2 Å². The first-order valence-corrected chi connectivity index (χ1v) is 15.8. The van der Waals surface area contributed by atoms with Crippen LogP contribution in [-0.4, -0.2) is 68.6 Å². The van der Waals surface area contributed by atoms with Crippen LogP contribution in [0.15, 0.2) is 22.7 Å². The normalized spacial score (nSPS) is 27.4. The van der Waals surface area contributed by atoms with E-state index in [9.17, 15) is 30.0 Å². The molecule has 4 aliphatic rings. The molecule has 2 heterocycles. The molecule has 0 aromatic rings. The van der Waals surface area contributed by atoms with Gasteiger partial charge in [-0.1, -0.05) is 65.2 Å². The third-order valence-electron chi connectivity index (χ3n) is 8.50. The van der Waals surface area contributed by atoms with Crippen LogP contribution >= 0.6 is 0 Å². The summed E-state index contributed by atoms with van der Waals surface area (Å²) >= 11 is 0. The Bertz CT molecular complexity index is 821. The molecule has 228 valence electrons. The largest absolute Gasteiger partial charge is 0.494 e. The molecular formula is C32H52O8. The molecule has 0 aromatic heterocycles. The highest BCUT2D eigenvalue weighted by atomic mass is 16.5. The number of carbonyl (C=O) groups is 2. The van der Waals surface area contributed by atoms with Gasteiger partial charge in [-0.2, -0.15) is 0 Å². The molecule has 0 unspecified atom stereocenters. The fourth-order valence-electron chi connectivity index (χ4n) is 6.13. The average Bonchev–Trinajstić information content (AvgIpc) is 3.53. The molecule has 0 radical (unpaired) electrons. The van der Waals surface area contributed by atoms with E-state index in [4.69, 9.17) is 9.47 Å². The Morgan fingerprint density at radius 3 is 1.45 bits per heavy atom. The smallest absolute Gasteiger partial charge is 0.190 e. The number of hydrogen-bond donors (Lipinski definition) is 4. The first kappa shape index (κ1) is 32.8. The summed E-state index contributed by atoms with van der Waals surface area (Å²) < 4.78 is 11.5. The summed E-state index contributed by atoms with van der Waals surface area (Å²) in [7, 11) is 0. The van der Waals surface area contributed by atoms with Crippen LogP contribution in [0.3, 0.4) is 0 Å². The molecule has 0 saturated carbocycles. The molecule has 0 fully saturated rings. The van der Waals surface area contributed by atoms with E-state index in [1.54, 1.807) is 0 Å². The van der Waals surface area contributed by atoms with Crippen LogP contribution in [0.2, 0.25) is 0 Å². The molecule has 40 heavy (non-hydrogen) atoms. The summed E-state index contributed by atoms with van der Waals surface area (Å²) in [6, 6.07) is 0. The summed E-state index contributed by atoms with van der Waals surface area (Å²) in [6.07, 6.45) is 12.8. The summed E-state index contributed by atoms with van der Waals surface area (Å²) in [4.78, 5) is 23.7. The van der Waals surface area contributed by atoms with Crippen LogP contribution in [-0.2, 0) is 19.1 Å². The first-order valence-electron chi connectivity index (χ1n) is 15.8. The number of allylic oxidation sites excluding steroid dienone is 2. The van der Waals surface area contributed by atoms with E-state index in [0.717, 1.165) is 37.2 Å². The van der Waals surface area contributed by atoms with Crippen molar-refractivity contribution in [3.63, 3.8) is 0 Å². The highest BCUT2D eigenvalue weighted by Crippen LogP contribution is 2.37. The molecule has 2 aliphatic heterocycles. The lowest BCUT2D eigenvalue weighted by molar-refractivity contribution is -0.125. The monoisotopic (exact) mass is 564 g/mol. The van der Waals surface area contributed by atoms with Crippen molar-refractivity contribution in [1.82, 2.24) is 0 Å². The van der Waals surface area contributed by atoms with E-state index in [1.807, 2.05) is 0 Å². The van der Waals surface area contributed by atoms with Crippen molar-refractivity contribution < 1.29 is 39.5 Å². The number of aliphatic hydroxyl groups excluding tert-OH is 4. The molecule has 2 aliphatic carbocycles. The van der Waals surface area contributed by atoms with E-state index in [0.29, 0.717) is 62.5 Å². The molecule has 0 bridgehead atoms. The quantitative estimate of drug-likeness (QED) is 0.218. The number of unbranched alkanes of at least 4 members (excludes halogenated alkanes) is 6. The maximum Gasteiger partial charge on any atom is 0.190 e. The number of aliphatic hydroxyl groups is 4. The highest BCUT2D eigenvalue weighted by molar-refractivity contribution is 6.00. The zero-order valence-corrected chi connectivity index (χ0v) is 24.6. The zero-order valence-electron chi connectivity index (χ0n) is 24.6. The van der Waals surface area contributed by atoms with Gasteiger partial charge in [-0.3, -0.25) is 9.59 Å². The molecule has 0 aromatic carbocycles. The van der Waals surface area contributed by atoms with Crippen LogP contribution in [0.4, 0.5) is 0 Å². The van der Waals surface area contributed by atoms with Crippen molar-refractivity contribution in [3.05, 3.63) is 22.7 Å². The van der Waals surface area contributed by atoms with Gasteiger partial charge < -0.3 is 29.9 Å². The van der Waals surface area contributed by atoms with Gasteiger partial charge in [0.15, 0.2) is 11.6 Å².